The van der Waals surface area contributed by atoms with Crippen LogP contribution in [0.1, 0.15) is 28.5 Å². The molecule has 0 saturated carbocycles. The van der Waals surface area contributed by atoms with Crippen LogP contribution < -0.4 is 4.72 Å². The van der Waals surface area contributed by atoms with Crippen LogP contribution in [-0.2, 0) is 30.5 Å². The second-order valence-corrected chi connectivity index (χ2v) is 11.8. The Morgan fingerprint density at radius 3 is 2.33 bits per heavy atom. The van der Waals surface area contributed by atoms with E-state index in [0.29, 0.717) is 5.56 Å². The SMILES string of the molecule is Cc1ccc(-c2cc(C(F)(F)F)nn2-c2ccc(S(=O)(=O)NC(=O)OCCN(C)[N+]([O-])=NOC(C)OC(=O)c3ccccc3)cc2)cc1. The number of likely N-dealkylation sites (N-methyl/N-ethyl adjacent to an activating group) is 1. The fourth-order valence-electron chi connectivity index (χ4n) is 3.95. The Morgan fingerprint density at radius 1 is 1.06 bits per heavy atom. The van der Waals surface area contributed by atoms with E-state index < -0.39 is 46.9 Å². The molecule has 3 aromatic carbocycles. The first kappa shape index (κ1) is 35.2. The fourth-order valence-corrected chi connectivity index (χ4v) is 4.84. The zero-order valence-electron chi connectivity index (χ0n) is 25.6. The molecular formula is C30H29F3N6O8S. The van der Waals surface area contributed by atoms with Gasteiger partial charge < -0.3 is 14.7 Å². The van der Waals surface area contributed by atoms with Crippen LogP contribution >= 0.6 is 0 Å². The molecule has 0 aliphatic carbocycles. The number of hydrogen-bond acceptors (Lipinski definition) is 10. The van der Waals surface area contributed by atoms with E-state index in [1.165, 1.54) is 38.2 Å². The van der Waals surface area contributed by atoms with E-state index in [1.54, 1.807) is 47.2 Å². The first-order chi connectivity index (χ1) is 22.6. The Morgan fingerprint density at radius 2 is 1.71 bits per heavy atom. The second kappa shape index (κ2) is 14.8. The maximum Gasteiger partial charge on any atom is 0.435 e. The number of amides is 1. The van der Waals surface area contributed by atoms with Gasteiger partial charge in [0.1, 0.15) is 13.2 Å². The second-order valence-electron chi connectivity index (χ2n) is 10.1. The molecular weight excluding hydrogens is 661 g/mol. The van der Waals surface area contributed by atoms with E-state index in [4.69, 9.17) is 14.3 Å². The molecule has 0 aliphatic heterocycles. The number of alkyl halides is 3. The maximum absolute atomic E-state index is 13.5. The molecule has 4 aromatic rings. The van der Waals surface area contributed by atoms with E-state index in [1.807, 2.05) is 6.92 Å². The Balaban J connectivity index is 1.31. The van der Waals surface area contributed by atoms with Crippen molar-refractivity contribution in [2.75, 3.05) is 20.2 Å². The number of rotatable bonds is 12. The minimum atomic E-state index is -4.72. The first-order valence-electron chi connectivity index (χ1n) is 14.0. The standard InChI is InChI=1S/C30H29F3N6O8S/c1-20-9-11-22(12-10-20)26-19-27(30(31,32)33)34-38(26)24-13-15-25(16-14-24)48(43,44)35-29(41)45-18-17-37(3)39(42)36-47-21(2)46-28(40)23-7-5-4-6-8-23/h4-16,19,21H,17-18H2,1-3H3,(H,35,41). The number of benzene rings is 3. The van der Waals surface area contributed by atoms with Crippen LogP contribution in [0.5, 0.6) is 0 Å². The predicted octanol–water partition coefficient (Wildman–Crippen LogP) is 5.23. The third kappa shape index (κ3) is 9.21. The molecule has 14 nitrogen and oxygen atoms in total. The number of sulfonamides is 1. The van der Waals surface area contributed by atoms with Crippen molar-refractivity contribution in [1.29, 1.82) is 0 Å². The third-order valence-electron chi connectivity index (χ3n) is 6.44. The normalized spacial score (nSPS) is 12.6. The molecule has 0 bridgehead atoms. The van der Waals surface area contributed by atoms with Gasteiger partial charge in [0.25, 0.3) is 16.3 Å². The summed E-state index contributed by atoms with van der Waals surface area (Å²) in [5.41, 5.74) is 0.743. The molecule has 1 heterocycles. The molecule has 48 heavy (non-hydrogen) atoms. The molecule has 1 unspecified atom stereocenters. The number of halogens is 3. The van der Waals surface area contributed by atoms with Crippen molar-refractivity contribution in [3.05, 3.63) is 107 Å². The van der Waals surface area contributed by atoms with E-state index in [9.17, 15) is 36.4 Å². The minimum Gasteiger partial charge on any atom is -0.569 e. The Bertz CT molecular complexity index is 1870. The van der Waals surface area contributed by atoms with E-state index >= 15 is 0 Å². The largest absolute Gasteiger partial charge is 0.569 e. The van der Waals surface area contributed by atoms with Crippen molar-refractivity contribution in [2.24, 2.45) is 5.28 Å². The quantitative estimate of drug-likeness (QED) is 0.0684. The summed E-state index contributed by atoms with van der Waals surface area (Å²) >= 11 is 0. The lowest BCUT2D eigenvalue weighted by molar-refractivity contribution is -0.707. The first-order valence-corrected chi connectivity index (χ1v) is 15.5. The number of nitrogens with zero attached hydrogens (tertiary/aromatic N) is 5. The van der Waals surface area contributed by atoms with E-state index in [0.717, 1.165) is 33.5 Å². The number of aryl methyl sites for hydroxylation is 1. The Hall–Kier alpha value is -5.65. The summed E-state index contributed by atoms with van der Waals surface area (Å²) in [6.07, 6.45) is -7.29. The smallest absolute Gasteiger partial charge is 0.435 e. The lowest BCUT2D eigenvalue weighted by Gasteiger charge is -2.14. The van der Waals surface area contributed by atoms with Gasteiger partial charge in [-0.2, -0.15) is 18.3 Å². The van der Waals surface area contributed by atoms with Crippen molar-refractivity contribution in [3.63, 3.8) is 0 Å². The number of esters is 1. The molecule has 0 radical (unpaired) electrons. The average Bonchev–Trinajstić information content (AvgIpc) is 3.50. The van der Waals surface area contributed by atoms with Gasteiger partial charge in [-0.1, -0.05) is 48.0 Å². The molecule has 0 saturated heterocycles. The van der Waals surface area contributed by atoms with Gasteiger partial charge in [0.15, 0.2) is 5.69 Å². The maximum atomic E-state index is 13.5. The summed E-state index contributed by atoms with van der Waals surface area (Å²) in [5, 5.41) is 19.9. The zero-order valence-corrected chi connectivity index (χ0v) is 26.4. The van der Waals surface area contributed by atoms with Crippen LogP contribution in [0.25, 0.3) is 16.9 Å². The number of carbonyl (C=O) groups excluding carboxylic acids is 2. The summed E-state index contributed by atoms with van der Waals surface area (Å²) in [5.74, 6) is -0.695. The lowest BCUT2D eigenvalue weighted by Crippen LogP contribution is -2.35. The van der Waals surface area contributed by atoms with Crippen LogP contribution in [0.3, 0.4) is 0 Å². The van der Waals surface area contributed by atoms with E-state index in [2.05, 4.69) is 10.4 Å². The molecule has 254 valence electrons. The van der Waals surface area contributed by atoms with Gasteiger partial charge in [-0.15, -0.1) is 5.01 Å². The molecule has 0 fully saturated rings. The number of hydrogen-bond donors (Lipinski definition) is 1. The number of ether oxygens (including phenoxy) is 2. The fraction of sp³-hybridized carbons (Fsp3) is 0.233. The van der Waals surface area contributed by atoms with Crippen molar-refractivity contribution in [2.45, 2.75) is 31.2 Å². The van der Waals surface area contributed by atoms with Crippen LogP contribution in [-0.4, -0.2) is 66.7 Å². The highest BCUT2D eigenvalue weighted by atomic mass is 32.2. The highest BCUT2D eigenvalue weighted by Crippen LogP contribution is 2.33. The van der Waals surface area contributed by atoms with Crippen LogP contribution in [0, 0.1) is 12.1 Å². The number of carbonyl (C=O) groups is 2. The number of hydrazine groups is 1. The van der Waals surface area contributed by atoms with E-state index in [-0.39, 0.29) is 33.4 Å². The third-order valence-corrected chi connectivity index (χ3v) is 7.77. The van der Waals surface area contributed by atoms with Gasteiger partial charge in [-0.25, -0.2) is 27.4 Å². The summed E-state index contributed by atoms with van der Waals surface area (Å²) in [6.45, 7) is 2.47. The molecule has 0 aliphatic rings. The summed E-state index contributed by atoms with van der Waals surface area (Å²) in [7, 11) is -3.19. The van der Waals surface area contributed by atoms with Crippen molar-refractivity contribution < 1.29 is 50.5 Å². The molecule has 1 aromatic heterocycles. The Labute approximate surface area is 272 Å². The lowest BCUT2D eigenvalue weighted by atomic mass is 10.1. The van der Waals surface area contributed by atoms with Crippen LogP contribution in [0.15, 0.2) is 95.1 Å². The van der Waals surface area contributed by atoms with Crippen LogP contribution in [0.4, 0.5) is 18.0 Å². The van der Waals surface area contributed by atoms with Gasteiger partial charge in [0.05, 0.1) is 33.9 Å². The number of aromatic nitrogens is 2. The zero-order chi connectivity index (χ0) is 35.1. The van der Waals surface area contributed by atoms with Crippen molar-refractivity contribution >= 4 is 22.1 Å². The van der Waals surface area contributed by atoms with Gasteiger partial charge in [0, 0.05) is 12.5 Å². The molecule has 0 spiro atoms. The van der Waals surface area contributed by atoms with Gasteiger partial charge in [-0.3, -0.25) is 4.84 Å². The highest BCUT2D eigenvalue weighted by molar-refractivity contribution is 7.90. The molecule has 1 amide bonds. The Kier molecular flexibility index (Phi) is 10.9. The summed E-state index contributed by atoms with van der Waals surface area (Å²) in [4.78, 5) is 28.7. The molecule has 1 N–H and O–H groups in total. The summed E-state index contributed by atoms with van der Waals surface area (Å²) in [6, 6.07) is 20.3. The number of nitrogens with one attached hydrogen (secondary N) is 1. The topological polar surface area (TPSA) is 167 Å². The van der Waals surface area contributed by atoms with Gasteiger partial charge in [-0.05, 0) is 49.4 Å². The van der Waals surface area contributed by atoms with Crippen LogP contribution in [0.2, 0.25) is 0 Å². The monoisotopic (exact) mass is 690 g/mol. The molecule has 1 atom stereocenters. The molecule has 18 heteroatoms. The highest BCUT2D eigenvalue weighted by Gasteiger charge is 2.35. The summed E-state index contributed by atoms with van der Waals surface area (Å²) < 4.78 is 78.6. The van der Waals surface area contributed by atoms with Gasteiger partial charge >= 0.3 is 18.2 Å². The minimum absolute atomic E-state index is 0.00602. The predicted molar refractivity (Wildman–Crippen MR) is 161 cm³/mol. The average molecular weight is 691 g/mol. The molecule has 4 rings (SSSR count). The van der Waals surface area contributed by atoms with Crippen molar-refractivity contribution in [1.82, 2.24) is 19.5 Å². The van der Waals surface area contributed by atoms with Crippen molar-refractivity contribution in [3.8, 4) is 16.9 Å². The van der Waals surface area contributed by atoms with Gasteiger partial charge in [0.2, 0.25) is 5.28 Å².